The molecule has 4 heteroatoms. The third kappa shape index (κ3) is 2.40. The Balaban J connectivity index is 2.09. The average molecular weight is 247 g/mol. The van der Waals surface area contributed by atoms with Gasteiger partial charge in [-0.15, -0.1) is 0 Å². The minimum Gasteiger partial charge on any atom is -0.491 e. The van der Waals surface area contributed by atoms with Crippen LogP contribution in [0.5, 0.6) is 0 Å². The lowest BCUT2D eigenvalue weighted by atomic mass is 9.96. The maximum atomic E-state index is 11.5. The number of hydrogen-bond acceptors (Lipinski definition) is 4. The van der Waals surface area contributed by atoms with Gasteiger partial charge in [0.25, 0.3) is 0 Å². The first kappa shape index (κ1) is 12.7. The normalized spacial score (nSPS) is 25.8. The van der Waals surface area contributed by atoms with Gasteiger partial charge in [-0.05, 0) is 33.1 Å². The number of hydrogen-bond donors (Lipinski definition) is 0. The van der Waals surface area contributed by atoms with E-state index >= 15 is 0 Å². The van der Waals surface area contributed by atoms with Crippen LogP contribution >= 0.6 is 0 Å². The van der Waals surface area contributed by atoms with E-state index in [0.29, 0.717) is 18.3 Å². The second kappa shape index (κ2) is 4.85. The first-order valence-corrected chi connectivity index (χ1v) is 6.22. The van der Waals surface area contributed by atoms with Gasteiger partial charge in [-0.3, -0.25) is 0 Å². The average Bonchev–Trinajstić information content (AvgIpc) is 2.56. The lowest BCUT2D eigenvalue weighted by Gasteiger charge is -2.23. The highest BCUT2D eigenvalue weighted by Crippen LogP contribution is 2.33. The van der Waals surface area contributed by atoms with E-state index in [2.05, 4.69) is 12.2 Å². The highest BCUT2D eigenvalue weighted by atomic mass is 16.6. The first-order valence-electron chi connectivity index (χ1n) is 6.22. The molecule has 0 spiro atoms. The van der Waals surface area contributed by atoms with Crippen LogP contribution in [0, 0.1) is 17.2 Å². The van der Waals surface area contributed by atoms with Gasteiger partial charge in [0, 0.05) is 5.92 Å². The van der Waals surface area contributed by atoms with Crippen molar-refractivity contribution >= 4 is 5.97 Å². The minimum atomic E-state index is -0.833. The Hall–Kier alpha value is -1.76. The number of rotatable bonds is 3. The van der Waals surface area contributed by atoms with Gasteiger partial charge in [0.2, 0.25) is 0 Å². The van der Waals surface area contributed by atoms with Crippen LogP contribution in [0.2, 0.25) is 0 Å². The quantitative estimate of drug-likeness (QED) is 0.568. The third-order valence-electron chi connectivity index (χ3n) is 3.23. The van der Waals surface area contributed by atoms with Crippen LogP contribution in [-0.2, 0) is 14.3 Å². The number of allylic oxidation sites excluding steroid dienone is 1. The Kier molecular flexibility index (Phi) is 3.42. The van der Waals surface area contributed by atoms with Gasteiger partial charge in [-0.2, -0.15) is 5.26 Å². The predicted molar refractivity (Wildman–Crippen MR) is 65.2 cm³/mol. The summed E-state index contributed by atoms with van der Waals surface area (Å²) in [5.74, 6) is 0.142. The molecular weight excluding hydrogens is 230 g/mol. The van der Waals surface area contributed by atoms with Gasteiger partial charge in [0.05, 0.1) is 6.61 Å². The van der Waals surface area contributed by atoms with Crippen LogP contribution in [0.4, 0.5) is 0 Å². The summed E-state index contributed by atoms with van der Waals surface area (Å²) in [5.41, 5.74) is -0.833. The molecule has 0 aromatic heterocycles. The fraction of sp³-hybridized carbons (Fsp3) is 0.571. The van der Waals surface area contributed by atoms with Gasteiger partial charge in [-0.25, -0.2) is 4.79 Å². The molecule has 0 amide bonds. The molecule has 0 aromatic rings. The molecule has 0 fully saturated rings. The second-order valence-electron chi connectivity index (χ2n) is 5.15. The van der Waals surface area contributed by atoms with Crippen LogP contribution in [0.15, 0.2) is 23.5 Å². The van der Waals surface area contributed by atoms with Crippen molar-refractivity contribution in [3.05, 3.63) is 23.5 Å². The molecule has 0 N–H and O–H groups in total. The highest BCUT2D eigenvalue weighted by Gasteiger charge is 2.42. The summed E-state index contributed by atoms with van der Waals surface area (Å²) in [4.78, 5) is 11.5. The van der Waals surface area contributed by atoms with Crippen molar-refractivity contribution in [2.24, 2.45) is 5.92 Å². The minimum absolute atomic E-state index is 0.000195. The standard InChI is InChI=1S/C14H17NO3/c1-14(2)12(11(8-15)13(16)18-14)17-9-10-6-4-3-5-7-10/h4,6,10H,3,5,7,9H2,1-2H3. The second-order valence-corrected chi connectivity index (χ2v) is 5.15. The zero-order valence-corrected chi connectivity index (χ0v) is 10.7. The molecule has 1 unspecified atom stereocenters. The van der Waals surface area contributed by atoms with E-state index < -0.39 is 11.6 Å². The molecule has 0 radical (unpaired) electrons. The Labute approximate surface area is 107 Å². The predicted octanol–water partition coefficient (Wildman–Crippen LogP) is 2.47. The van der Waals surface area contributed by atoms with Gasteiger partial charge >= 0.3 is 5.97 Å². The number of esters is 1. The molecule has 96 valence electrons. The maximum absolute atomic E-state index is 11.5. The summed E-state index contributed by atoms with van der Waals surface area (Å²) in [6.45, 7) is 3.97. The summed E-state index contributed by atoms with van der Waals surface area (Å²) in [5, 5.41) is 8.97. The number of carbonyl (C=O) groups is 1. The fourth-order valence-electron chi connectivity index (χ4n) is 2.28. The van der Waals surface area contributed by atoms with Crippen LogP contribution in [0.25, 0.3) is 0 Å². The van der Waals surface area contributed by atoms with Crippen molar-refractivity contribution in [3.8, 4) is 6.07 Å². The van der Waals surface area contributed by atoms with Gasteiger partial charge in [-0.1, -0.05) is 12.2 Å². The van der Waals surface area contributed by atoms with E-state index in [1.807, 2.05) is 6.07 Å². The van der Waals surface area contributed by atoms with Gasteiger partial charge in [0.1, 0.15) is 6.07 Å². The highest BCUT2D eigenvalue weighted by molar-refractivity contribution is 5.96. The number of ether oxygens (including phenoxy) is 2. The van der Waals surface area contributed by atoms with Gasteiger partial charge in [0.15, 0.2) is 16.9 Å². The smallest absolute Gasteiger partial charge is 0.353 e. The summed E-state index contributed by atoms with van der Waals surface area (Å²) < 4.78 is 10.8. The fourth-order valence-corrected chi connectivity index (χ4v) is 2.28. The summed E-state index contributed by atoms with van der Waals surface area (Å²) in [6, 6.07) is 1.87. The summed E-state index contributed by atoms with van der Waals surface area (Å²) in [7, 11) is 0. The Bertz CT molecular complexity index is 454. The Morgan fingerprint density at radius 3 is 3.00 bits per heavy atom. The molecule has 0 bridgehead atoms. The molecule has 2 aliphatic rings. The Morgan fingerprint density at radius 1 is 1.61 bits per heavy atom. The molecule has 0 saturated carbocycles. The third-order valence-corrected chi connectivity index (χ3v) is 3.23. The molecular formula is C14H17NO3. The molecule has 0 saturated heterocycles. The molecule has 1 aliphatic heterocycles. The largest absolute Gasteiger partial charge is 0.491 e. The van der Waals surface area contributed by atoms with E-state index in [9.17, 15) is 4.79 Å². The molecule has 1 aliphatic carbocycles. The molecule has 4 nitrogen and oxygen atoms in total. The number of carbonyl (C=O) groups excluding carboxylic acids is 1. The molecule has 1 heterocycles. The Morgan fingerprint density at radius 2 is 2.39 bits per heavy atom. The van der Waals surface area contributed by atoms with Crippen LogP contribution in [-0.4, -0.2) is 18.2 Å². The lowest BCUT2D eigenvalue weighted by Crippen LogP contribution is -2.26. The number of nitrogens with zero attached hydrogens (tertiary/aromatic N) is 1. The van der Waals surface area contributed by atoms with E-state index in [-0.39, 0.29) is 5.57 Å². The molecule has 0 aromatic carbocycles. The monoisotopic (exact) mass is 247 g/mol. The molecule has 2 rings (SSSR count). The van der Waals surface area contributed by atoms with Crippen molar-refractivity contribution in [2.45, 2.75) is 38.7 Å². The topological polar surface area (TPSA) is 59.3 Å². The van der Waals surface area contributed by atoms with Crippen molar-refractivity contribution in [3.63, 3.8) is 0 Å². The van der Waals surface area contributed by atoms with Crippen LogP contribution in [0.1, 0.15) is 33.1 Å². The van der Waals surface area contributed by atoms with E-state index in [1.54, 1.807) is 13.8 Å². The van der Waals surface area contributed by atoms with E-state index in [0.717, 1.165) is 19.3 Å². The maximum Gasteiger partial charge on any atom is 0.353 e. The first-order chi connectivity index (χ1) is 8.54. The summed E-state index contributed by atoms with van der Waals surface area (Å²) in [6.07, 6.45) is 7.66. The van der Waals surface area contributed by atoms with E-state index in [4.69, 9.17) is 14.7 Å². The zero-order valence-electron chi connectivity index (χ0n) is 10.7. The molecule has 1 atom stereocenters. The van der Waals surface area contributed by atoms with E-state index in [1.165, 1.54) is 0 Å². The molecule has 18 heavy (non-hydrogen) atoms. The van der Waals surface area contributed by atoms with Crippen molar-refractivity contribution in [1.82, 2.24) is 0 Å². The van der Waals surface area contributed by atoms with Crippen molar-refractivity contribution in [2.75, 3.05) is 6.61 Å². The van der Waals surface area contributed by atoms with Crippen LogP contribution < -0.4 is 0 Å². The number of nitriles is 1. The van der Waals surface area contributed by atoms with Gasteiger partial charge < -0.3 is 9.47 Å². The lowest BCUT2D eigenvalue weighted by molar-refractivity contribution is -0.145. The van der Waals surface area contributed by atoms with Crippen molar-refractivity contribution in [1.29, 1.82) is 5.26 Å². The number of cyclic esters (lactones) is 1. The zero-order chi connectivity index (χ0) is 13.2. The van der Waals surface area contributed by atoms with Crippen molar-refractivity contribution < 1.29 is 14.3 Å². The summed E-state index contributed by atoms with van der Waals surface area (Å²) >= 11 is 0. The van der Waals surface area contributed by atoms with Crippen LogP contribution in [0.3, 0.4) is 0 Å². The SMILES string of the molecule is CC1(C)OC(=O)C(C#N)=C1OCC1C=CCCC1.